The molecule has 1 aromatic heterocycles. The van der Waals surface area contributed by atoms with E-state index in [2.05, 4.69) is 4.90 Å². The molecule has 0 radical (unpaired) electrons. The Bertz CT molecular complexity index is 659. The highest BCUT2D eigenvalue weighted by atomic mass is 16.5. The number of aromatic nitrogens is 1. The Morgan fingerprint density at radius 2 is 1.95 bits per heavy atom. The van der Waals surface area contributed by atoms with Gasteiger partial charge in [0, 0.05) is 37.1 Å². The number of nitrogens with zero attached hydrogens (tertiary/aromatic N) is 2. The number of aromatic hydroxyl groups is 1. The third-order valence-electron chi connectivity index (χ3n) is 3.85. The van der Waals surface area contributed by atoms with Gasteiger partial charge in [-0.3, -0.25) is 4.90 Å². The number of carboxylic acid groups (broad SMARTS) is 1. The third-order valence-corrected chi connectivity index (χ3v) is 3.85. The van der Waals surface area contributed by atoms with Crippen LogP contribution in [0.25, 0.3) is 10.9 Å². The fraction of sp³-hybridized carbons (Fsp3) is 0.400. The van der Waals surface area contributed by atoms with Gasteiger partial charge >= 0.3 is 5.97 Å². The van der Waals surface area contributed by atoms with Gasteiger partial charge in [0.25, 0.3) is 0 Å². The Kier molecular flexibility index (Phi) is 3.81. The van der Waals surface area contributed by atoms with E-state index in [9.17, 15) is 15.0 Å². The third kappa shape index (κ3) is 2.86. The summed E-state index contributed by atoms with van der Waals surface area (Å²) >= 11 is 0. The SMILES string of the molecule is O=C(O)c1cc2cc(O)ccc2n1CCN1CCOCC1. The Labute approximate surface area is 122 Å². The summed E-state index contributed by atoms with van der Waals surface area (Å²) in [5.74, 6) is -0.808. The Hall–Kier alpha value is -2.05. The fourth-order valence-corrected chi connectivity index (χ4v) is 2.74. The van der Waals surface area contributed by atoms with Gasteiger partial charge in [0.1, 0.15) is 11.4 Å². The van der Waals surface area contributed by atoms with Crippen molar-refractivity contribution < 1.29 is 19.7 Å². The zero-order chi connectivity index (χ0) is 14.8. The second-order valence-electron chi connectivity index (χ2n) is 5.18. The van der Waals surface area contributed by atoms with Crippen molar-refractivity contribution in [2.24, 2.45) is 0 Å². The van der Waals surface area contributed by atoms with Crippen molar-refractivity contribution in [1.82, 2.24) is 9.47 Å². The van der Waals surface area contributed by atoms with Gasteiger partial charge in [-0.2, -0.15) is 0 Å². The molecule has 6 nitrogen and oxygen atoms in total. The Morgan fingerprint density at radius 1 is 1.19 bits per heavy atom. The minimum Gasteiger partial charge on any atom is -0.508 e. The quantitative estimate of drug-likeness (QED) is 0.889. The lowest BCUT2D eigenvalue weighted by atomic mass is 10.2. The minimum atomic E-state index is -0.951. The van der Waals surface area contributed by atoms with Crippen molar-refractivity contribution in [1.29, 1.82) is 0 Å². The summed E-state index contributed by atoms with van der Waals surface area (Å²) in [4.78, 5) is 13.7. The molecule has 0 amide bonds. The first-order valence-electron chi connectivity index (χ1n) is 7.01. The van der Waals surface area contributed by atoms with E-state index in [1.54, 1.807) is 28.8 Å². The van der Waals surface area contributed by atoms with Crippen molar-refractivity contribution in [2.45, 2.75) is 6.54 Å². The number of aromatic carboxylic acids is 1. The maximum Gasteiger partial charge on any atom is 0.352 e. The summed E-state index contributed by atoms with van der Waals surface area (Å²) in [5.41, 5.74) is 1.09. The topological polar surface area (TPSA) is 74.9 Å². The summed E-state index contributed by atoms with van der Waals surface area (Å²) in [7, 11) is 0. The molecule has 6 heteroatoms. The normalized spacial score (nSPS) is 16.4. The maximum absolute atomic E-state index is 11.4. The molecule has 112 valence electrons. The molecule has 3 rings (SSSR count). The molecule has 0 spiro atoms. The van der Waals surface area contributed by atoms with Crippen LogP contribution in [0.1, 0.15) is 10.5 Å². The minimum absolute atomic E-state index is 0.143. The van der Waals surface area contributed by atoms with E-state index in [4.69, 9.17) is 4.74 Å². The van der Waals surface area contributed by atoms with Crippen LogP contribution in [-0.4, -0.2) is 58.5 Å². The van der Waals surface area contributed by atoms with Gasteiger partial charge in [-0.1, -0.05) is 0 Å². The van der Waals surface area contributed by atoms with Gasteiger partial charge in [-0.05, 0) is 24.3 Å². The number of fused-ring (bicyclic) bond motifs is 1. The number of carbonyl (C=O) groups is 1. The van der Waals surface area contributed by atoms with Gasteiger partial charge in [0.2, 0.25) is 0 Å². The number of carboxylic acids is 1. The zero-order valence-electron chi connectivity index (χ0n) is 11.7. The van der Waals surface area contributed by atoms with Crippen molar-refractivity contribution in [3.8, 4) is 5.75 Å². The first kappa shape index (κ1) is 13.9. The second-order valence-corrected chi connectivity index (χ2v) is 5.18. The number of phenolic OH excluding ortho intramolecular Hbond substituents is 1. The van der Waals surface area contributed by atoms with E-state index in [0.29, 0.717) is 6.54 Å². The summed E-state index contributed by atoms with van der Waals surface area (Å²) in [6.45, 7) is 4.60. The van der Waals surface area contributed by atoms with Crippen LogP contribution in [0.2, 0.25) is 0 Å². The number of hydrogen-bond donors (Lipinski definition) is 2. The van der Waals surface area contributed by atoms with Crippen molar-refractivity contribution in [2.75, 3.05) is 32.8 Å². The Balaban J connectivity index is 1.88. The molecule has 0 unspecified atom stereocenters. The fourth-order valence-electron chi connectivity index (χ4n) is 2.74. The van der Waals surface area contributed by atoms with E-state index >= 15 is 0 Å². The van der Waals surface area contributed by atoms with Crippen LogP contribution < -0.4 is 0 Å². The molecule has 1 aliphatic rings. The summed E-state index contributed by atoms with van der Waals surface area (Å²) < 4.78 is 7.11. The predicted octanol–water partition coefficient (Wildman–Crippen LogP) is 1.38. The van der Waals surface area contributed by atoms with E-state index in [-0.39, 0.29) is 11.4 Å². The van der Waals surface area contributed by atoms with Crippen molar-refractivity contribution in [3.63, 3.8) is 0 Å². The molecule has 2 heterocycles. The molecule has 0 aliphatic carbocycles. The maximum atomic E-state index is 11.4. The lowest BCUT2D eigenvalue weighted by Gasteiger charge is -2.27. The van der Waals surface area contributed by atoms with Crippen LogP contribution in [0.15, 0.2) is 24.3 Å². The van der Waals surface area contributed by atoms with Crippen LogP contribution in [0.5, 0.6) is 5.75 Å². The molecule has 2 aromatic rings. The molecule has 0 saturated carbocycles. The number of rotatable bonds is 4. The number of benzene rings is 1. The standard InChI is InChI=1S/C15H18N2O4/c18-12-1-2-13-11(9-12)10-14(15(19)20)17(13)4-3-16-5-7-21-8-6-16/h1-2,9-10,18H,3-8H2,(H,19,20). The zero-order valence-corrected chi connectivity index (χ0v) is 11.7. The molecule has 1 saturated heterocycles. The number of phenols is 1. The van der Waals surface area contributed by atoms with Crippen LogP contribution in [0, 0.1) is 0 Å². The van der Waals surface area contributed by atoms with Crippen LogP contribution in [-0.2, 0) is 11.3 Å². The van der Waals surface area contributed by atoms with E-state index in [1.807, 2.05) is 0 Å². The summed E-state index contributed by atoms with van der Waals surface area (Å²) in [5, 5.41) is 19.6. The van der Waals surface area contributed by atoms with Crippen LogP contribution in [0.3, 0.4) is 0 Å². The number of hydrogen-bond acceptors (Lipinski definition) is 4. The van der Waals surface area contributed by atoms with Gasteiger partial charge in [0.15, 0.2) is 0 Å². The lowest BCUT2D eigenvalue weighted by Crippen LogP contribution is -2.38. The van der Waals surface area contributed by atoms with Crippen molar-refractivity contribution >= 4 is 16.9 Å². The highest BCUT2D eigenvalue weighted by molar-refractivity contribution is 5.95. The van der Waals surface area contributed by atoms with Crippen molar-refractivity contribution in [3.05, 3.63) is 30.0 Å². The van der Waals surface area contributed by atoms with Gasteiger partial charge in [-0.15, -0.1) is 0 Å². The lowest BCUT2D eigenvalue weighted by molar-refractivity contribution is 0.0362. The molecule has 0 bridgehead atoms. The molecule has 1 aliphatic heterocycles. The molecule has 1 fully saturated rings. The highest BCUT2D eigenvalue weighted by Gasteiger charge is 2.16. The molecule has 0 atom stereocenters. The smallest absolute Gasteiger partial charge is 0.352 e. The first-order valence-corrected chi connectivity index (χ1v) is 7.01. The second kappa shape index (κ2) is 5.75. The largest absolute Gasteiger partial charge is 0.508 e. The number of ether oxygens (including phenoxy) is 1. The first-order chi connectivity index (χ1) is 10.1. The summed E-state index contributed by atoms with van der Waals surface area (Å²) in [6.07, 6.45) is 0. The monoisotopic (exact) mass is 290 g/mol. The molecule has 21 heavy (non-hydrogen) atoms. The van der Waals surface area contributed by atoms with Gasteiger partial charge in [-0.25, -0.2) is 4.79 Å². The summed E-state index contributed by atoms with van der Waals surface area (Å²) in [6, 6.07) is 6.54. The molecule has 2 N–H and O–H groups in total. The average molecular weight is 290 g/mol. The highest BCUT2D eigenvalue weighted by Crippen LogP contribution is 2.24. The van der Waals surface area contributed by atoms with E-state index in [1.165, 1.54) is 0 Å². The van der Waals surface area contributed by atoms with Crippen LogP contribution in [0.4, 0.5) is 0 Å². The molecule has 1 aromatic carbocycles. The predicted molar refractivity (Wildman–Crippen MR) is 77.8 cm³/mol. The average Bonchev–Trinajstić information content (AvgIpc) is 2.84. The van der Waals surface area contributed by atoms with Crippen LogP contribution >= 0.6 is 0 Å². The van der Waals surface area contributed by atoms with Gasteiger partial charge < -0.3 is 19.5 Å². The van der Waals surface area contributed by atoms with Gasteiger partial charge in [0.05, 0.1) is 13.2 Å². The van der Waals surface area contributed by atoms with E-state index < -0.39 is 5.97 Å². The Morgan fingerprint density at radius 3 is 2.67 bits per heavy atom. The van der Waals surface area contributed by atoms with E-state index in [0.717, 1.165) is 43.8 Å². The molecular formula is C15H18N2O4. The molecular weight excluding hydrogens is 272 g/mol. The number of morpholine rings is 1.